The monoisotopic (exact) mass is 231 g/mol. The van der Waals surface area contributed by atoms with Crippen molar-refractivity contribution in [1.29, 1.82) is 0 Å². The molecule has 0 amide bonds. The summed E-state index contributed by atoms with van der Waals surface area (Å²) in [5, 5.41) is 6.11. The van der Waals surface area contributed by atoms with Crippen LogP contribution in [-0.4, -0.2) is 23.3 Å². The highest BCUT2D eigenvalue weighted by Crippen LogP contribution is 2.31. The van der Waals surface area contributed by atoms with E-state index in [4.69, 9.17) is 4.42 Å². The zero-order valence-electron chi connectivity index (χ0n) is 9.56. The van der Waals surface area contributed by atoms with Gasteiger partial charge in [0.05, 0.1) is 0 Å². The van der Waals surface area contributed by atoms with E-state index in [2.05, 4.69) is 28.1 Å². The van der Waals surface area contributed by atoms with E-state index in [9.17, 15) is 4.79 Å². The minimum Gasteiger partial charge on any atom is -0.388 e. The first kappa shape index (κ1) is 10.1. The number of nitrogens with zero attached hydrogens (tertiary/aromatic N) is 2. The predicted molar refractivity (Wildman–Crippen MR) is 64.2 cm³/mol. The van der Waals surface area contributed by atoms with Gasteiger partial charge in [0.15, 0.2) is 0 Å². The molecule has 0 fully saturated rings. The molecule has 0 bridgehead atoms. The van der Waals surface area contributed by atoms with Crippen molar-refractivity contribution < 1.29 is 4.42 Å². The number of hydrogen-bond acceptors (Lipinski definition) is 4. The fraction of sp³-hybridized carbons (Fsp3) is 0.333. The molecule has 1 aromatic heterocycles. The number of hydrogen-bond donors (Lipinski definition) is 1. The highest BCUT2D eigenvalue weighted by Gasteiger charge is 2.18. The fourth-order valence-electron chi connectivity index (χ4n) is 2.28. The lowest BCUT2D eigenvalue weighted by atomic mass is 10.1. The Balaban J connectivity index is 2.03. The summed E-state index contributed by atoms with van der Waals surface area (Å²) < 4.78 is 4.95. The number of benzene rings is 1. The summed E-state index contributed by atoms with van der Waals surface area (Å²) in [7, 11) is 0. The number of H-pyrrole nitrogens is 1. The molecule has 17 heavy (non-hydrogen) atoms. The van der Waals surface area contributed by atoms with Crippen LogP contribution in [0.15, 0.2) is 27.4 Å². The van der Waals surface area contributed by atoms with E-state index in [1.165, 1.54) is 11.3 Å². The first-order valence-corrected chi connectivity index (χ1v) is 5.71. The SMILES string of the molecule is CCN1CCc2cc(-c3n[nH]c(=O)o3)ccc21. The number of aromatic nitrogens is 2. The Morgan fingerprint density at radius 3 is 3.12 bits per heavy atom. The highest BCUT2D eigenvalue weighted by molar-refractivity contribution is 5.66. The summed E-state index contributed by atoms with van der Waals surface area (Å²) in [6.45, 7) is 4.22. The van der Waals surface area contributed by atoms with Crippen molar-refractivity contribution in [3.8, 4) is 11.5 Å². The molecule has 88 valence electrons. The van der Waals surface area contributed by atoms with Crippen LogP contribution in [0, 0.1) is 0 Å². The lowest BCUT2D eigenvalue weighted by Crippen LogP contribution is -2.18. The third-order valence-corrected chi connectivity index (χ3v) is 3.14. The van der Waals surface area contributed by atoms with Gasteiger partial charge in [0, 0.05) is 24.3 Å². The van der Waals surface area contributed by atoms with Crippen molar-refractivity contribution in [2.75, 3.05) is 18.0 Å². The maximum atomic E-state index is 10.9. The van der Waals surface area contributed by atoms with Gasteiger partial charge in [-0.2, -0.15) is 0 Å². The predicted octanol–water partition coefficient (Wildman–Crippen LogP) is 1.41. The van der Waals surface area contributed by atoms with E-state index in [0.717, 1.165) is 25.1 Å². The first-order valence-electron chi connectivity index (χ1n) is 5.71. The molecule has 2 aromatic rings. The largest absolute Gasteiger partial charge is 0.434 e. The summed E-state index contributed by atoms with van der Waals surface area (Å²) in [6, 6.07) is 6.05. The van der Waals surface area contributed by atoms with Gasteiger partial charge in [0.2, 0.25) is 5.89 Å². The van der Waals surface area contributed by atoms with Crippen LogP contribution in [0.3, 0.4) is 0 Å². The maximum Gasteiger partial charge on any atom is 0.434 e. The van der Waals surface area contributed by atoms with Gasteiger partial charge in [-0.1, -0.05) is 0 Å². The van der Waals surface area contributed by atoms with E-state index >= 15 is 0 Å². The Hall–Kier alpha value is -2.04. The highest BCUT2D eigenvalue weighted by atomic mass is 16.4. The summed E-state index contributed by atoms with van der Waals surface area (Å²) >= 11 is 0. The van der Waals surface area contributed by atoms with Crippen LogP contribution in [0.25, 0.3) is 11.5 Å². The number of fused-ring (bicyclic) bond motifs is 1. The Kier molecular flexibility index (Phi) is 2.24. The van der Waals surface area contributed by atoms with Crippen LogP contribution in [0.1, 0.15) is 12.5 Å². The average molecular weight is 231 g/mol. The second-order valence-electron chi connectivity index (χ2n) is 4.09. The van der Waals surface area contributed by atoms with Crippen LogP contribution >= 0.6 is 0 Å². The molecule has 1 N–H and O–H groups in total. The lowest BCUT2D eigenvalue weighted by molar-refractivity contribution is 0.527. The Bertz CT molecular complexity index is 600. The van der Waals surface area contributed by atoms with Crippen molar-refractivity contribution in [2.45, 2.75) is 13.3 Å². The molecule has 1 aliphatic heterocycles. The smallest absolute Gasteiger partial charge is 0.388 e. The van der Waals surface area contributed by atoms with Crippen LogP contribution in [0.5, 0.6) is 0 Å². The van der Waals surface area contributed by atoms with Crippen LogP contribution < -0.4 is 10.7 Å². The molecule has 0 radical (unpaired) electrons. The van der Waals surface area contributed by atoms with Crippen LogP contribution in [0.2, 0.25) is 0 Å². The Morgan fingerprint density at radius 1 is 1.53 bits per heavy atom. The van der Waals surface area contributed by atoms with Crippen molar-refractivity contribution in [2.24, 2.45) is 0 Å². The lowest BCUT2D eigenvalue weighted by Gasteiger charge is -2.16. The van der Waals surface area contributed by atoms with Gasteiger partial charge in [0.25, 0.3) is 0 Å². The summed E-state index contributed by atoms with van der Waals surface area (Å²) in [5.41, 5.74) is 3.41. The van der Waals surface area contributed by atoms with E-state index in [-0.39, 0.29) is 0 Å². The quantitative estimate of drug-likeness (QED) is 0.848. The Morgan fingerprint density at radius 2 is 2.41 bits per heavy atom. The van der Waals surface area contributed by atoms with Gasteiger partial charge in [-0.15, -0.1) is 5.10 Å². The minimum atomic E-state index is -0.518. The molecular formula is C12H13N3O2. The van der Waals surface area contributed by atoms with Crippen LogP contribution in [-0.2, 0) is 6.42 Å². The van der Waals surface area contributed by atoms with Crippen molar-refractivity contribution in [3.05, 3.63) is 34.3 Å². The molecule has 3 rings (SSSR count). The van der Waals surface area contributed by atoms with Crippen LogP contribution in [0.4, 0.5) is 5.69 Å². The van der Waals surface area contributed by atoms with E-state index < -0.39 is 5.76 Å². The number of anilines is 1. The minimum absolute atomic E-state index is 0.354. The van der Waals surface area contributed by atoms with Gasteiger partial charge in [-0.05, 0) is 37.1 Å². The summed E-state index contributed by atoms with van der Waals surface area (Å²) in [4.78, 5) is 13.2. The van der Waals surface area contributed by atoms with E-state index in [0.29, 0.717) is 5.89 Å². The number of nitrogens with one attached hydrogen (secondary N) is 1. The maximum absolute atomic E-state index is 10.9. The van der Waals surface area contributed by atoms with E-state index in [1.807, 2.05) is 12.1 Å². The molecule has 5 heteroatoms. The molecule has 5 nitrogen and oxygen atoms in total. The van der Waals surface area contributed by atoms with Crippen molar-refractivity contribution >= 4 is 5.69 Å². The standard InChI is InChI=1S/C12H13N3O2/c1-2-15-6-5-8-7-9(3-4-10(8)15)11-13-14-12(16)17-11/h3-4,7H,2,5-6H2,1H3,(H,14,16). The van der Waals surface area contributed by atoms with Crippen molar-refractivity contribution in [1.82, 2.24) is 10.2 Å². The number of aromatic amines is 1. The Labute approximate surface area is 98.1 Å². The second-order valence-corrected chi connectivity index (χ2v) is 4.09. The number of likely N-dealkylation sites (N-methyl/N-ethyl adjacent to an activating group) is 1. The normalized spacial score (nSPS) is 14.1. The molecule has 0 spiro atoms. The van der Waals surface area contributed by atoms with Gasteiger partial charge in [-0.25, -0.2) is 9.89 Å². The summed E-state index contributed by atoms with van der Waals surface area (Å²) in [5.74, 6) is -0.163. The molecule has 0 aliphatic carbocycles. The zero-order chi connectivity index (χ0) is 11.8. The molecular weight excluding hydrogens is 218 g/mol. The van der Waals surface area contributed by atoms with Gasteiger partial charge >= 0.3 is 5.76 Å². The average Bonchev–Trinajstić information content (AvgIpc) is 2.94. The molecule has 0 atom stereocenters. The van der Waals surface area contributed by atoms with Gasteiger partial charge < -0.3 is 9.32 Å². The topological polar surface area (TPSA) is 62.1 Å². The molecule has 0 saturated heterocycles. The second kappa shape index (κ2) is 3.76. The molecule has 2 heterocycles. The fourth-order valence-corrected chi connectivity index (χ4v) is 2.28. The van der Waals surface area contributed by atoms with E-state index in [1.54, 1.807) is 0 Å². The summed E-state index contributed by atoms with van der Waals surface area (Å²) in [6.07, 6.45) is 1.03. The zero-order valence-corrected chi connectivity index (χ0v) is 9.56. The molecule has 0 unspecified atom stereocenters. The third-order valence-electron chi connectivity index (χ3n) is 3.14. The van der Waals surface area contributed by atoms with Crippen molar-refractivity contribution in [3.63, 3.8) is 0 Å². The third kappa shape index (κ3) is 1.63. The molecule has 1 aromatic carbocycles. The van der Waals surface area contributed by atoms with Gasteiger partial charge in [0.1, 0.15) is 0 Å². The molecule has 0 saturated carbocycles. The number of rotatable bonds is 2. The van der Waals surface area contributed by atoms with Gasteiger partial charge in [-0.3, -0.25) is 0 Å². The first-order chi connectivity index (χ1) is 8.28. The molecule has 1 aliphatic rings.